The van der Waals surface area contributed by atoms with Crippen LogP contribution in [0.2, 0.25) is 0 Å². The van der Waals surface area contributed by atoms with Crippen molar-refractivity contribution in [1.29, 1.82) is 0 Å². The van der Waals surface area contributed by atoms with Crippen LogP contribution in [0.1, 0.15) is 59.3 Å². The molecule has 0 bridgehead atoms. The summed E-state index contributed by atoms with van der Waals surface area (Å²) in [7, 11) is 0. The van der Waals surface area contributed by atoms with E-state index in [1.807, 2.05) is 25.7 Å². The summed E-state index contributed by atoms with van der Waals surface area (Å²) in [5.41, 5.74) is -0.392. The predicted molar refractivity (Wildman–Crippen MR) is 83.2 cm³/mol. The van der Waals surface area contributed by atoms with Crippen LogP contribution in [0.4, 0.5) is 4.79 Å². The van der Waals surface area contributed by atoms with Crippen molar-refractivity contribution in [3.63, 3.8) is 0 Å². The van der Waals surface area contributed by atoms with E-state index in [9.17, 15) is 4.79 Å². The van der Waals surface area contributed by atoms with E-state index in [4.69, 9.17) is 4.74 Å². The molecule has 3 fully saturated rings. The Balaban J connectivity index is 1.37. The number of hydrogen-bond acceptors (Lipinski definition) is 3. The fraction of sp³-hybridized carbons (Fsp3) is 0.941. The van der Waals surface area contributed by atoms with Gasteiger partial charge in [0.05, 0.1) is 0 Å². The molecule has 0 aromatic carbocycles. The maximum Gasteiger partial charge on any atom is 0.410 e. The smallest absolute Gasteiger partial charge is 0.410 e. The molecule has 1 amide bonds. The zero-order chi connectivity index (χ0) is 15.0. The third-order valence-corrected chi connectivity index (χ3v) is 5.01. The van der Waals surface area contributed by atoms with Crippen LogP contribution < -0.4 is 5.32 Å². The van der Waals surface area contributed by atoms with Crippen molar-refractivity contribution >= 4 is 6.09 Å². The molecule has 2 unspecified atom stereocenters. The van der Waals surface area contributed by atoms with E-state index in [2.05, 4.69) is 5.32 Å². The topological polar surface area (TPSA) is 41.6 Å². The van der Waals surface area contributed by atoms with Gasteiger partial charge >= 0.3 is 6.09 Å². The Hall–Kier alpha value is -0.770. The van der Waals surface area contributed by atoms with E-state index in [0.717, 1.165) is 24.9 Å². The molecular formula is C17H30N2O2. The number of amides is 1. The van der Waals surface area contributed by atoms with Gasteiger partial charge < -0.3 is 15.0 Å². The Bertz CT molecular complexity index is 381. The number of ether oxygens (including phenoxy) is 1. The van der Waals surface area contributed by atoms with Crippen LogP contribution in [0.25, 0.3) is 0 Å². The second-order valence-corrected chi connectivity index (χ2v) is 8.21. The standard InChI is InChI=1S/C17H30N2O2/c1-17(2,3)21-16(20)19-10-15(11-19)18-14-6-4-5-13(9-14)12-7-8-12/h12-15,18H,4-11H2,1-3H3. The number of carbonyl (C=O) groups excluding carboxylic acids is 1. The molecule has 3 rings (SSSR count). The van der Waals surface area contributed by atoms with E-state index in [0.29, 0.717) is 12.1 Å². The highest BCUT2D eigenvalue weighted by Gasteiger charge is 2.38. The maximum atomic E-state index is 11.9. The second-order valence-electron chi connectivity index (χ2n) is 8.21. The Morgan fingerprint density at radius 3 is 2.38 bits per heavy atom. The zero-order valence-electron chi connectivity index (χ0n) is 13.7. The molecule has 1 saturated heterocycles. The quantitative estimate of drug-likeness (QED) is 0.869. The molecule has 2 atom stereocenters. The molecule has 2 saturated carbocycles. The van der Waals surface area contributed by atoms with E-state index in [-0.39, 0.29) is 6.09 Å². The molecular weight excluding hydrogens is 264 g/mol. The van der Waals surface area contributed by atoms with Crippen LogP contribution in [0, 0.1) is 11.8 Å². The summed E-state index contributed by atoms with van der Waals surface area (Å²) in [6, 6.07) is 1.15. The van der Waals surface area contributed by atoms with Crippen LogP contribution in [-0.4, -0.2) is 41.8 Å². The lowest BCUT2D eigenvalue weighted by Gasteiger charge is -2.43. The summed E-state index contributed by atoms with van der Waals surface area (Å²) in [6.07, 6.45) is 8.25. The minimum absolute atomic E-state index is 0.167. The summed E-state index contributed by atoms with van der Waals surface area (Å²) >= 11 is 0. The van der Waals surface area contributed by atoms with Gasteiger partial charge in [0.2, 0.25) is 0 Å². The number of nitrogens with zero attached hydrogens (tertiary/aromatic N) is 1. The number of hydrogen-bond donors (Lipinski definition) is 1. The van der Waals surface area contributed by atoms with Crippen molar-refractivity contribution in [2.75, 3.05) is 13.1 Å². The lowest BCUT2D eigenvalue weighted by molar-refractivity contribution is 0.00321. The van der Waals surface area contributed by atoms with Crippen molar-refractivity contribution in [3.05, 3.63) is 0 Å². The molecule has 1 aliphatic heterocycles. The lowest BCUT2D eigenvalue weighted by Crippen LogP contribution is -2.62. The molecule has 0 aromatic rings. The third-order valence-electron chi connectivity index (χ3n) is 5.01. The molecule has 120 valence electrons. The van der Waals surface area contributed by atoms with Crippen molar-refractivity contribution in [3.8, 4) is 0 Å². The van der Waals surface area contributed by atoms with Gasteiger partial charge in [-0.25, -0.2) is 4.79 Å². The highest BCUT2D eigenvalue weighted by Crippen LogP contribution is 2.44. The van der Waals surface area contributed by atoms with Crippen LogP contribution in [-0.2, 0) is 4.74 Å². The average molecular weight is 294 g/mol. The lowest BCUT2D eigenvalue weighted by atomic mass is 9.82. The van der Waals surface area contributed by atoms with Gasteiger partial charge in [0, 0.05) is 25.2 Å². The van der Waals surface area contributed by atoms with Gasteiger partial charge in [-0.1, -0.05) is 12.8 Å². The summed E-state index contributed by atoms with van der Waals surface area (Å²) < 4.78 is 5.40. The monoisotopic (exact) mass is 294 g/mol. The number of nitrogens with one attached hydrogen (secondary N) is 1. The van der Waals surface area contributed by atoms with Crippen LogP contribution in [0.15, 0.2) is 0 Å². The minimum Gasteiger partial charge on any atom is -0.444 e. The molecule has 1 N–H and O–H groups in total. The highest BCUT2D eigenvalue weighted by molar-refractivity contribution is 5.69. The summed E-state index contributed by atoms with van der Waals surface area (Å²) in [4.78, 5) is 13.7. The van der Waals surface area contributed by atoms with Crippen LogP contribution in [0.3, 0.4) is 0 Å². The Morgan fingerprint density at radius 2 is 1.76 bits per heavy atom. The minimum atomic E-state index is -0.392. The Labute approximate surface area is 128 Å². The van der Waals surface area contributed by atoms with Crippen molar-refractivity contribution < 1.29 is 9.53 Å². The number of carbonyl (C=O) groups is 1. The fourth-order valence-corrected chi connectivity index (χ4v) is 3.77. The SMILES string of the molecule is CC(C)(C)OC(=O)N1CC(NC2CCCC(C3CC3)C2)C1. The summed E-state index contributed by atoms with van der Waals surface area (Å²) in [6.45, 7) is 7.36. The first-order chi connectivity index (χ1) is 9.90. The van der Waals surface area contributed by atoms with Crippen molar-refractivity contribution in [2.24, 2.45) is 11.8 Å². The summed E-state index contributed by atoms with van der Waals surface area (Å²) in [5.74, 6) is 2.01. The second kappa shape index (κ2) is 5.79. The predicted octanol–water partition coefficient (Wildman–Crippen LogP) is 3.16. The molecule has 3 aliphatic rings. The Morgan fingerprint density at radius 1 is 1.05 bits per heavy atom. The van der Waals surface area contributed by atoms with Gasteiger partial charge in [-0.2, -0.15) is 0 Å². The zero-order valence-corrected chi connectivity index (χ0v) is 13.7. The fourth-order valence-electron chi connectivity index (χ4n) is 3.77. The van der Waals surface area contributed by atoms with Crippen LogP contribution >= 0.6 is 0 Å². The Kier molecular flexibility index (Phi) is 4.17. The average Bonchev–Trinajstić information content (AvgIpc) is 3.15. The first kappa shape index (κ1) is 15.1. The summed E-state index contributed by atoms with van der Waals surface area (Å²) in [5, 5.41) is 3.77. The first-order valence-electron chi connectivity index (χ1n) is 8.65. The molecule has 0 spiro atoms. The van der Waals surface area contributed by atoms with Crippen molar-refractivity contribution in [1.82, 2.24) is 10.2 Å². The molecule has 0 aromatic heterocycles. The van der Waals surface area contributed by atoms with E-state index >= 15 is 0 Å². The van der Waals surface area contributed by atoms with Gasteiger partial charge in [0.15, 0.2) is 0 Å². The van der Waals surface area contributed by atoms with Gasteiger partial charge in [-0.3, -0.25) is 0 Å². The molecule has 21 heavy (non-hydrogen) atoms. The first-order valence-corrected chi connectivity index (χ1v) is 8.65. The van der Waals surface area contributed by atoms with Gasteiger partial charge in [-0.15, -0.1) is 0 Å². The van der Waals surface area contributed by atoms with E-state index in [1.54, 1.807) is 0 Å². The van der Waals surface area contributed by atoms with Gasteiger partial charge in [-0.05, 0) is 58.3 Å². The van der Waals surface area contributed by atoms with Crippen LogP contribution in [0.5, 0.6) is 0 Å². The molecule has 1 heterocycles. The molecule has 0 radical (unpaired) electrons. The number of rotatable bonds is 3. The maximum absolute atomic E-state index is 11.9. The van der Waals surface area contributed by atoms with Gasteiger partial charge in [0.1, 0.15) is 5.60 Å². The van der Waals surface area contributed by atoms with Gasteiger partial charge in [0.25, 0.3) is 0 Å². The molecule has 4 heteroatoms. The number of likely N-dealkylation sites (tertiary alicyclic amines) is 1. The molecule has 4 nitrogen and oxygen atoms in total. The van der Waals surface area contributed by atoms with Crippen molar-refractivity contribution in [2.45, 2.75) is 77.0 Å². The third kappa shape index (κ3) is 4.12. The normalized spacial score (nSPS) is 30.9. The van der Waals surface area contributed by atoms with E-state index < -0.39 is 5.60 Å². The highest BCUT2D eigenvalue weighted by atomic mass is 16.6. The van der Waals surface area contributed by atoms with E-state index in [1.165, 1.54) is 38.5 Å². The molecule has 2 aliphatic carbocycles. The largest absolute Gasteiger partial charge is 0.444 e.